The summed E-state index contributed by atoms with van der Waals surface area (Å²) in [5, 5.41) is 2.04. The number of nitrogens with two attached hydrogens (primary N) is 1. The molecule has 0 fully saturated rings. The zero-order chi connectivity index (χ0) is 12.4. The molecule has 1 aliphatic carbocycles. The van der Waals surface area contributed by atoms with E-state index in [-0.39, 0.29) is 0 Å². The zero-order valence-electron chi connectivity index (χ0n) is 10.1. The number of nitrogens with zero attached hydrogens (tertiary/aromatic N) is 2. The summed E-state index contributed by atoms with van der Waals surface area (Å²) < 4.78 is 0. The number of nitrogen functional groups attached to an aromatic ring is 1. The summed E-state index contributed by atoms with van der Waals surface area (Å²) in [6.45, 7) is 0. The van der Waals surface area contributed by atoms with Gasteiger partial charge in [-0.1, -0.05) is 12.5 Å². The van der Waals surface area contributed by atoms with Crippen LogP contribution in [0, 0.1) is 0 Å². The van der Waals surface area contributed by atoms with Crippen molar-refractivity contribution in [1.82, 2.24) is 9.97 Å². The lowest BCUT2D eigenvalue weighted by molar-refractivity contribution is 0.709. The lowest BCUT2D eigenvalue weighted by atomic mass is 10.1. The molecule has 5 heteroatoms. The first-order valence-corrected chi connectivity index (χ1v) is 7.17. The van der Waals surface area contributed by atoms with Gasteiger partial charge in [-0.25, -0.2) is 15.8 Å². The summed E-state index contributed by atoms with van der Waals surface area (Å²) >= 11 is 1.66. The lowest BCUT2D eigenvalue weighted by Crippen LogP contribution is -2.14. The van der Waals surface area contributed by atoms with Crippen LogP contribution in [0.15, 0.2) is 17.5 Å². The minimum atomic E-state index is 0.790. The van der Waals surface area contributed by atoms with Crippen LogP contribution in [0.1, 0.15) is 30.5 Å². The first kappa shape index (κ1) is 11.6. The molecule has 2 aromatic rings. The van der Waals surface area contributed by atoms with Gasteiger partial charge in [0.2, 0.25) is 0 Å². The molecule has 4 nitrogen and oxygen atoms in total. The number of rotatable bonds is 2. The molecule has 3 rings (SSSR count). The van der Waals surface area contributed by atoms with Gasteiger partial charge in [-0.15, -0.1) is 11.3 Å². The molecule has 0 unspecified atom stereocenters. The average molecular weight is 260 g/mol. The predicted molar refractivity (Wildman–Crippen MR) is 74.4 cm³/mol. The van der Waals surface area contributed by atoms with Gasteiger partial charge in [0, 0.05) is 11.3 Å². The molecule has 18 heavy (non-hydrogen) atoms. The topological polar surface area (TPSA) is 63.8 Å². The highest BCUT2D eigenvalue weighted by molar-refractivity contribution is 7.13. The fraction of sp³-hybridized carbons (Fsp3) is 0.385. The molecule has 0 radical (unpaired) electrons. The minimum Gasteiger partial charge on any atom is -0.308 e. The molecule has 3 N–H and O–H groups in total. The molecule has 0 bridgehead atoms. The van der Waals surface area contributed by atoms with Crippen LogP contribution >= 0.6 is 11.3 Å². The van der Waals surface area contributed by atoms with Gasteiger partial charge < -0.3 is 5.43 Å². The number of thiophene rings is 1. The van der Waals surface area contributed by atoms with E-state index in [4.69, 9.17) is 10.8 Å². The fourth-order valence-corrected chi connectivity index (χ4v) is 3.06. The Morgan fingerprint density at radius 1 is 1.17 bits per heavy atom. The second-order valence-corrected chi connectivity index (χ2v) is 5.45. The first-order chi connectivity index (χ1) is 8.88. The van der Waals surface area contributed by atoms with Crippen LogP contribution in [0.4, 0.5) is 5.82 Å². The highest BCUT2D eigenvalue weighted by atomic mass is 32.1. The summed E-state index contributed by atoms with van der Waals surface area (Å²) in [5.41, 5.74) is 5.11. The Morgan fingerprint density at radius 2 is 2.06 bits per heavy atom. The van der Waals surface area contributed by atoms with Gasteiger partial charge >= 0.3 is 0 Å². The summed E-state index contributed by atoms with van der Waals surface area (Å²) in [6, 6.07) is 4.06. The van der Waals surface area contributed by atoms with Gasteiger partial charge in [-0.2, -0.15) is 0 Å². The molecule has 2 heterocycles. The SMILES string of the molecule is NNc1nc(-c2cccs2)nc2c1CCCCC2. The third kappa shape index (κ3) is 2.11. The monoisotopic (exact) mass is 260 g/mol. The van der Waals surface area contributed by atoms with E-state index in [0.717, 1.165) is 29.4 Å². The fourth-order valence-electron chi connectivity index (χ4n) is 2.41. The van der Waals surface area contributed by atoms with E-state index in [1.807, 2.05) is 17.5 Å². The number of hydrazine groups is 1. The van der Waals surface area contributed by atoms with Crippen molar-refractivity contribution < 1.29 is 0 Å². The van der Waals surface area contributed by atoms with Crippen molar-refractivity contribution in [2.75, 3.05) is 5.43 Å². The molecule has 0 aliphatic heterocycles. The maximum atomic E-state index is 5.61. The number of aryl methyl sites for hydroxylation is 1. The van der Waals surface area contributed by atoms with Crippen molar-refractivity contribution in [1.29, 1.82) is 0 Å². The van der Waals surface area contributed by atoms with Crippen molar-refractivity contribution in [2.45, 2.75) is 32.1 Å². The summed E-state index contributed by atoms with van der Waals surface area (Å²) in [7, 11) is 0. The van der Waals surface area contributed by atoms with Crippen LogP contribution in [0.5, 0.6) is 0 Å². The lowest BCUT2D eigenvalue weighted by Gasteiger charge is -2.11. The molecule has 0 atom stereocenters. The van der Waals surface area contributed by atoms with E-state index in [1.54, 1.807) is 11.3 Å². The average Bonchev–Trinajstić information content (AvgIpc) is 2.83. The molecule has 0 saturated carbocycles. The molecular formula is C13H16N4S. The smallest absolute Gasteiger partial charge is 0.171 e. The standard InChI is InChI=1S/C13H16N4S/c14-17-12-9-5-2-1-3-6-10(9)15-13(16-12)11-7-4-8-18-11/h4,7-8H,1-3,5-6,14H2,(H,15,16,17). The van der Waals surface area contributed by atoms with Crippen LogP contribution < -0.4 is 11.3 Å². The van der Waals surface area contributed by atoms with Gasteiger partial charge in [0.05, 0.1) is 4.88 Å². The number of fused-ring (bicyclic) bond motifs is 1. The van der Waals surface area contributed by atoms with Gasteiger partial charge in [0.1, 0.15) is 5.82 Å². The predicted octanol–water partition coefficient (Wildman–Crippen LogP) is 2.76. The highest BCUT2D eigenvalue weighted by Crippen LogP contribution is 2.29. The maximum Gasteiger partial charge on any atom is 0.171 e. The Hall–Kier alpha value is -1.46. The highest BCUT2D eigenvalue weighted by Gasteiger charge is 2.17. The molecule has 0 saturated heterocycles. The molecule has 94 valence electrons. The third-order valence-corrected chi connectivity index (χ3v) is 4.18. The Labute approximate surface area is 110 Å². The normalized spacial score (nSPS) is 14.9. The van der Waals surface area contributed by atoms with E-state index >= 15 is 0 Å². The van der Waals surface area contributed by atoms with Crippen LogP contribution in [0.3, 0.4) is 0 Å². The summed E-state index contributed by atoms with van der Waals surface area (Å²) in [5.74, 6) is 7.20. The van der Waals surface area contributed by atoms with Gasteiger partial charge in [0.15, 0.2) is 5.82 Å². The maximum absolute atomic E-state index is 5.61. The van der Waals surface area contributed by atoms with Crippen LogP contribution in [0.25, 0.3) is 10.7 Å². The number of hydrogen-bond donors (Lipinski definition) is 2. The molecule has 1 aliphatic rings. The van der Waals surface area contributed by atoms with E-state index in [1.165, 1.54) is 30.5 Å². The summed E-state index contributed by atoms with van der Waals surface area (Å²) in [4.78, 5) is 10.4. The van der Waals surface area contributed by atoms with Crippen LogP contribution in [-0.4, -0.2) is 9.97 Å². The Bertz CT molecular complexity index is 536. The Kier molecular flexibility index (Phi) is 3.25. The van der Waals surface area contributed by atoms with Gasteiger partial charge in [-0.3, -0.25) is 0 Å². The van der Waals surface area contributed by atoms with E-state index in [2.05, 4.69) is 10.4 Å². The number of hydrogen-bond acceptors (Lipinski definition) is 5. The molecule has 2 aromatic heterocycles. The van der Waals surface area contributed by atoms with Crippen molar-refractivity contribution in [3.8, 4) is 10.7 Å². The Balaban J connectivity index is 2.10. The van der Waals surface area contributed by atoms with Gasteiger partial charge in [0.25, 0.3) is 0 Å². The zero-order valence-corrected chi connectivity index (χ0v) is 11.0. The van der Waals surface area contributed by atoms with Gasteiger partial charge in [-0.05, 0) is 37.1 Å². The second kappa shape index (κ2) is 5.04. The van der Waals surface area contributed by atoms with Crippen molar-refractivity contribution in [3.05, 3.63) is 28.8 Å². The van der Waals surface area contributed by atoms with Crippen molar-refractivity contribution in [3.63, 3.8) is 0 Å². The summed E-state index contributed by atoms with van der Waals surface area (Å²) in [6.07, 6.45) is 5.72. The molecule has 0 spiro atoms. The third-order valence-electron chi connectivity index (χ3n) is 3.31. The quantitative estimate of drug-likeness (QED) is 0.495. The number of anilines is 1. The molecular weight excluding hydrogens is 244 g/mol. The van der Waals surface area contributed by atoms with Crippen molar-refractivity contribution in [2.24, 2.45) is 5.84 Å². The first-order valence-electron chi connectivity index (χ1n) is 6.29. The Morgan fingerprint density at radius 3 is 2.83 bits per heavy atom. The number of nitrogens with one attached hydrogen (secondary N) is 1. The van der Waals surface area contributed by atoms with E-state index < -0.39 is 0 Å². The largest absolute Gasteiger partial charge is 0.308 e. The van der Waals surface area contributed by atoms with Crippen LogP contribution in [0.2, 0.25) is 0 Å². The van der Waals surface area contributed by atoms with Crippen LogP contribution in [-0.2, 0) is 12.8 Å². The number of aromatic nitrogens is 2. The molecule has 0 aromatic carbocycles. The second-order valence-electron chi connectivity index (χ2n) is 4.50. The van der Waals surface area contributed by atoms with E-state index in [0.29, 0.717) is 0 Å². The molecule has 0 amide bonds. The van der Waals surface area contributed by atoms with E-state index in [9.17, 15) is 0 Å². The minimum absolute atomic E-state index is 0.790. The van der Waals surface area contributed by atoms with Crippen molar-refractivity contribution >= 4 is 17.2 Å².